The summed E-state index contributed by atoms with van der Waals surface area (Å²) in [6.45, 7) is 7.54. The minimum absolute atomic E-state index is 0.0504. The first-order valence-corrected chi connectivity index (χ1v) is 13.1. The summed E-state index contributed by atoms with van der Waals surface area (Å²) in [5, 5.41) is 16.0. The highest BCUT2D eigenvalue weighted by atomic mass is 16.5. The highest BCUT2D eigenvalue weighted by Gasteiger charge is 2.37. The molecular formula is C30H32N4O4. The number of benzene rings is 2. The van der Waals surface area contributed by atoms with Gasteiger partial charge in [-0.25, -0.2) is 9.48 Å². The summed E-state index contributed by atoms with van der Waals surface area (Å²) in [4.78, 5) is 28.3. The van der Waals surface area contributed by atoms with Crippen molar-refractivity contribution in [3.05, 3.63) is 76.2 Å². The highest BCUT2D eigenvalue weighted by molar-refractivity contribution is 6.07. The van der Waals surface area contributed by atoms with Crippen molar-refractivity contribution in [1.82, 2.24) is 14.3 Å². The first-order chi connectivity index (χ1) is 18.3. The van der Waals surface area contributed by atoms with E-state index >= 15 is 0 Å². The third-order valence-corrected chi connectivity index (χ3v) is 7.97. The Balaban J connectivity index is 1.50. The molecule has 0 bridgehead atoms. The first-order valence-electron chi connectivity index (χ1n) is 13.1. The number of hydrogen-bond donors (Lipinski definition) is 1. The van der Waals surface area contributed by atoms with Crippen molar-refractivity contribution in [1.29, 1.82) is 0 Å². The zero-order valence-corrected chi connectivity index (χ0v) is 22.2. The molecule has 0 fully saturated rings. The van der Waals surface area contributed by atoms with Gasteiger partial charge in [-0.15, -0.1) is 0 Å². The Hall–Kier alpha value is -3.91. The predicted octanol–water partition coefficient (Wildman–Crippen LogP) is 4.45. The van der Waals surface area contributed by atoms with Gasteiger partial charge >= 0.3 is 5.97 Å². The van der Waals surface area contributed by atoms with Crippen LogP contribution in [0.2, 0.25) is 0 Å². The van der Waals surface area contributed by atoms with Gasteiger partial charge in [-0.3, -0.25) is 4.79 Å². The number of aliphatic hydroxyl groups is 1. The smallest absolute Gasteiger partial charge is 0.359 e. The fourth-order valence-corrected chi connectivity index (χ4v) is 6.27. The van der Waals surface area contributed by atoms with E-state index in [1.807, 2.05) is 48.2 Å². The van der Waals surface area contributed by atoms with E-state index in [1.54, 1.807) is 4.68 Å². The van der Waals surface area contributed by atoms with Crippen molar-refractivity contribution in [2.45, 2.75) is 53.2 Å². The number of carbonyl (C=O) groups is 2. The number of esters is 1. The van der Waals surface area contributed by atoms with Crippen LogP contribution < -0.4 is 4.90 Å². The largest absolute Gasteiger partial charge is 0.464 e. The molecule has 6 rings (SSSR count). The molecule has 1 aliphatic carbocycles. The van der Waals surface area contributed by atoms with Gasteiger partial charge in [0.25, 0.3) is 5.91 Å². The van der Waals surface area contributed by atoms with Gasteiger partial charge in [0, 0.05) is 29.7 Å². The van der Waals surface area contributed by atoms with Crippen LogP contribution in [-0.4, -0.2) is 45.0 Å². The third kappa shape index (κ3) is 3.58. The molecule has 38 heavy (non-hydrogen) atoms. The summed E-state index contributed by atoms with van der Waals surface area (Å²) in [6.07, 6.45) is 2.65. The second kappa shape index (κ2) is 8.84. The Labute approximate surface area is 221 Å². The van der Waals surface area contributed by atoms with Crippen LogP contribution in [-0.2, 0) is 37.2 Å². The molecule has 1 amide bonds. The van der Waals surface area contributed by atoms with Crippen molar-refractivity contribution >= 4 is 28.5 Å². The maximum atomic E-state index is 14.0. The van der Waals surface area contributed by atoms with Crippen LogP contribution in [0.4, 0.5) is 5.69 Å². The minimum Gasteiger partial charge on any atom is -0.464 e. The zero-order chi connectivity index (χ0) is 26.8. The molecule has 8 nitrogen and oxygen atoms in total. The fraction of sp³-hybridized carbons (Fsp3) is 0.367. The fourth-order valence-electron chi connectivity index (χ4n) is 6.27. The molecule has 8 heteroatoms. The molecule has 4 aromatic rings. The Morgan fingerprint density at radius 1 is 1.13 bits per heavy atom. The predicted molar refractivity (Wildman–Crippen MR) is 145 cm³/mol. The Kier molecular flexibility index (Phi) is 5.68. The normalized spacial score (nSPS) is 16.1. The van der Waals surface area contributed by atoms with E-state index in [0.29, 0.717) is 41.8 Å². The number of aromatic nitrogens is 3. The van der Waals surface area contributed by atoms with Crippen molar-refractivity contribution in [2.75, 3.05) is 18.6 Å². The van der Waals surface area contributed by atoms with Crippen LogP contribution in [0.25, 0.3) is 16.6 Å². The number of ether oxygens (including phenoxy) is 1. The average molecular weight is 513 g/mol. The van der Waals surface area contributed by atoms with Gasteiger partial charge in [-0.2, -0.15) is 5.10 Å². The number of rotatable bonds is 5. The lowest BCUT2D eigenvalue weighted by atomic mass is 9.90. The molecule has 0 atom stereocenters. The van der Waals surface area contributed by atoms with Crippen molar-refractivity contribution < 1.29 is 19.4 Å². The van der Waals surface area contributed by atoms with E-state index in [1.165, 1.54) is 18.4 Å². The minimum atomic E-state index is -0.529. The zero-order valence-electron chi connectivity index (χ0n) is 22.2. The second-order valence-corrected chi connectivity index (χ2v) is 11.0. The van der Waals surface area contributed by atoms with Gasteiger partial charge < -0.3 is 19.3 Å². The Morgan fingerprint density at radius 2 is 1.92 bits per heavy atom. The van der Waals surface area contributed by atoms with E-state index in [0.717, 1.165) is 29.6 Å². The maximum absolute atomic E-state index is 14.0. The Bertz CT molecular complexity index is 1610. The molecule has 0 unspecified atom stereocenters. The van der Waals surface area contributed by atoms with Crippen LogP contribution >= 0.6 is 0 Å². The number of amides is 1. The van der Waals surface area contributed by atoms with Crippen LogP contribution in [0.15, 0.2) is 42.5 Å². The molecule has 2 aromatic carbocycles. The molecule has 0 spiro atoms. The number of aryl methyl sites for hydroxylation is 1. The SMILES string of the molecule is CCc1ccc(-n2nc(C(=O)OC)c3ccccc32)c(CO)c1N1CCn2c(cc3c2CC(C)(C)C3)C1=O. The molecular weight excluding hydrogens is 480 g/mol. The average Bonchev–Trinajstić information content (AvgIpc) is 3.55. The first kappa shape index (κ1) is 24.4. The number of nitrogens with zero attached hydrogens (tertiary/aromatic N) is 4. The van der Waals surface area contributed by atoms with Crippen LogP contribution in [0.3, 0.4) is 0 Å². The van der Waals surface area contributed by atoms with Gasteiger partial charge in [-0.05, 0) is 54.0 Å². The second-order valence-electron chi connectivity index (χ2n) is 11.0. The number of methoxy groups -OCH3 is 1. The van der Waals surface area contributed by atoms with Crippen LogP contribution in [0, 0.1) is 5.41 Å². The summed E-state index contributed by atoms with van der Waals surface area (Å²) in [5.41, 5.74) is 7.34. The van der Waals surface area contributed by atoms with Crippen LogP contribution in [0.5, 0.6) is 0 Å². The van der Waals surface area contributed by atoms with Gasteiger partial charge in [0.1, 0.15) is 5.69 Å². The van der Waals surface area contributed by atoms with E-state index < -0.39 is 5.97 Å². The number of anilines is 1. The van der Waals surface area contributed by atoms with Crippen molar-refractivity contribution in [2.24, 2.45) is 5.41 Å². The lowest BCUT2D eigenvalue weighted by Crippen LogP contribution is -2.42. The topological polar surface area (TPSA) is 89.6 Å². The monoisotopic (exact) mass is 512 g/mol. The summed E-state index contributed by atoms with van der Waals surface area (Å²) < 4.78 is 8.84. The molecule has 0 saturated carbocycles. The standard InChI is InChI=1S/C30H32N4O4/c1-5-18-10-11-23(34-22-9-7-6-8-20(22)26(31-34)29(37)38-4)21(17-35)27(18)33-13-12-32-24(28(33)36)14-19-15-30(2,3)16-25(19)32/h6-11,14,35H,5,12-13,15-17H2,1-4H3. The summed E-state index contributed by atoms with van der Waals surface area (Å²) in [7, 11) is 1.33. The van der Waals surface area contributed by atoms with E-state index in [-0.39, 0.29) is 23.6 Å². The van der Waals surface area contributed by atoms with E-state index in [2.05, 4.69) is 29.6 Å². The molecule has 196 valence electrons. The third-order valence-electron chi connectivity index (χ3n) is 7.97. The number of aliphatic hydroxyl groups excluding tert-OH is 1. The molecule has 0 radical (unpaired) electrons. The van der Waals surface area contributed by atoms with Crippen LogP contribution in [0.1, 0.15) is 64.1 Å². The summed E-state index contributed by atoms with van der Waals surface area (Å²) in [5.74, 6) is -0.579. The number of para-hydroxylation sites is 1. The maximum Gasteiger partial charge on any atom is 0.359 e. The highest BCUT2D eigenvalue weighted by Crippen LogP contribution is 2.41. The van der Waals surface area contributed by atoms with Crippen molar-refractivity contribution in [3.8, 4) is 5.69 Å². The number of carbonyl (C=O) groups excluding carboxylic acids is 2. The molecule has 2 aromatic heterocycles. The quantitative estimate of drug-likeness (QED) is 0.399. The lowest BCUT2D eigenvalue weighted by molar-refractivity contribution is 0.0595. The van der Waals surface area contributed by atoms with Gasteiger partial charge in [0.15, 0.2) is 5.69 Å². The van der Waals surface area contributed by atoms with E-state index in [4.69, 9.17) is 4.74 Å². The molecule has 0 saturated heterocycles. The molecule has 1 N–H and O–H groups in total. The lowest BCUT2D eigenvalue weighted by Gasteiger charge is -2.33. The Morgan fingerprint density at radius 3 is 2.66 bits per heavy atom. The van der Waals surface area contributed by atoms with E-state index in [9.17, 15) is 14.7 Å². The molecule has 2 aliphatic rings. The van der Waals surface area contributed by atoms with Gasteiger partial charge in [-0.1, -0.05) is 45.0 Å². The van der Waals surface area contributed by atoms with Gasteiger partial charge in [0.05, 0.1) is 30.6 Å². The molecule has 3 heterocycles. The molecule has 1 aliphatic heterocycles. The summed E-state index contributed by atoms with van der Waals surface area (Å²) in [6, 6.07) is 13.4. The van der Waals surface area contributed by atoms with Crippen molar-refractivity contribution in [3.63, 3.8) is 0 Å². The number of hydrogen-bond acceptors (Lipinski definition) is 5. The van der Waals surface area contributed by atoms with Gasteiger partial charge in [0.2, 0.25) is 0 Å². The summed E-state index contributed by atoms with van der Waals surface area (Å²) >= 11 is 0. The number of fused-ring (bicyclic) bond motifs is 4.